The van der Waals surface area contributed by atoms with E-state index in [1.807, 2.05) is 57.2 Å². The molecule has 0 saturated heterocycles. The molecule has 2 heterocycles. The number of rotatable bonds is 6. The fraction of sp³-hybridized carbons (Fsp3) is 0.233. The third kappa shape index (κ3) is 4.08. The maximum Gasteiger partial charge on any atom is 0.343 e. The molecule has 0 fully saturated rings. The van der Waals surface area contributed by atoms with Gasteiger partial charge in [-0.1, -0.05) is 24.3 Å². The van der Waals surface area contributed by atoms with Crippen molar-refractivity contribution in [2.24, 2.45) is 4.99 Å². The Bertz CT molecular complexity index is 1500. The number of hydrogen-bond acceptors (Lipinski definition) is 7. The highest BCUT2D eigenvalue weighted by molar-refractivity contribution is 6.55. The maximum atomic E-state index is 13.7. The zero-order valence-electron chi connectivity index (χ0n) is 22.1. The Kier molecular flexibility index (Phi) is 6.18. The molecule has 0 saturated carbocycles. The molecule has 0 spiro atoms. The van der Waals surface area contributed by atoms with Crippen molar-refractivity contribution in [1.29, 1.82) is 0 Å². The largest absolute Gasteiger partial charge is 0.493 e. The Morgan fingerprint density at radius 3 is 2.13 bits per heavy atom. The van der Waals surface area contributed by atoms with Crippen molar-refractivity contribution in [2.75, 3.05) is 26.2 Å². The number of para-hydroxylation sites is 1. The van der Waals surface area contributed by atoms with Gasteiger partial charge in [0, 0.05) is 11.1 Å². The van der Waals surface area contributed by atoms with Gasteiger partial charge in [0.15, 0.2) is 11.5 Å². The molecule has 3 aromatic rings. The van der Waals surface area contributed by atoms with Crippen molar-refractivity contribution in [1.82, 2.24) is 0 Å². The van der Waals surface area contributed by atoms with Crippen LogP contribution in [0, 0.1) is 0 Å². The molecule has 194 valence electrons. The lowest BCUT2D eigenvalue weighted by Gasteiger charge is -2.38. The molecule has 3 aromatic carbocycles. The minimum absolute atomic E-state index is 0.202. The summed E-state index contributed by atoms with van der Waals surface area (Å²) in [6.07, 6.45) is 2.03. The van der Waals surface area contributed by atoms with E-state index in [-0.39, 0.29) is 11.5 Å². The molecule has 8 nitrogen and oxygen atoms in total. The lowest BCUT2D eigenvalue weighted by molar-refractivity contribution is -0.112. The van der Waals surface area contributed by atoms with Crippen LogP contribution < -0.4 is 23.8 Å². The highest BCUT2D eigenvalue weighted by Crippen LogP contribution is 2.47. The van der Waals surface area contributed by atoms with E-state index in [1.54, 1.807) is 17.0 Å². The third-order valence-corrected chi connectivity index (χ3v) is 6.65. The first kappa shape index (κ1) is 25.1. The third-order valence-electron chi connectivity index (χ3n) is 6.65. The van der Waals surface area contributed by atoms with E-state index in [2.05, 4.69) is 0 Å². The van der Waals surface area contributed by atoms with E-state index >= 15 is 0 Å². The van der Waals surface area contributed by atoms with E-state index in [0.717, 1.165) is 16.8 Å². The molecule has 0 radical (unpaired) electrons. The van der Waals surface area contributed by atoms with Crippen molar-refractivity contribution in [3.63, 3.8) is 0 Å². The summed E-state index contributed by atoms with van der Waals surface area (Å²) in [6, 6.07) is 15.8. The van der Waals surface area contributed by atoms with Gasteiger partial charge in [-0.15, -0.1) is 0 Å². The van der Waals surface area contributed by atoms with E-state index in [1.165, 1.54) is 33.5 Å². The van der Waals surface area contributed by atoms with Crippen LogP contribution in [-0.2, 0) is 4.79 Å². The molecule has 0 bridgehead atoms. The van der Waals surface area contributed by atoms with Gasteiger partial charge >= 0.3 is 5.97 Å². The van der Waals surface area contributed by atoms with E-state index in [4.69, 9.17) is 23.9 Å². The van der Waals surface area contributed by atoms with Crippen LogP contribution in [0.3, 0.4) is 0 Å². The lowest BCUT2D eigenvalue weighted by atomic mass is 9.89. The van der Waals surface area contributed by atoms with Gasteiger partial charge < -0.3 is 18.9 Å². The number of methoxy groups -OCH3 is 3. The molecule has 0 aromatic heterocycles. The highest BCUT2D eigenvalue weighted by Gasteiger charge is 2.45. The number of carbonyl (C=O) groups excluding carboxylic acids is 2. The van der Waals surface area contributed by atoms with E-state index in [9.17, 15) is 9.59 Å². The topological polar surface area (TPSA) is 86.7 Å². The number of aliphatic imine (C=N–C) groups is 1. The predicted octanol–water partition coefficient (Wildman–Crippen LogP) is 5.59. The SMILES string of the molecule is COc1cc(C(=O)Oc2cc3c4c(c2)C(=Nc2ccccc2)C(=O)N4C(C)(C)C=C3C)cc(OC)c1OC. The van der Waals surface area contributed by atoms with Gasteiger partial charge in [-0.05, 0) is 62.7 Å². The molecular formula is C30H28N2O6. The number of esters is 1. The lowest BCUT2D eigenvalue weighted by Crippen LogP contribution is -2.47. The Hall–Kier alpha value is -4.59. The molecule has 8 heteroatoms. The highest BCUT2D eigenvalue weighted by atomic mass is 16.5. The summed E-state index contributed by atoms with van der Waals surface area (Å²) in [5.74, 6) is 0.520. The van der Waals surface area contributed by atoms with Gasteiger partial charge in [0.1, 0.15) is 11.5 Å². The Labute approximate surface area is 221 Å². The predicted molar refractivity (Wildman–Crippen MR) is 145 cm³/mol. The van der Waals surface area contributed by atoms with Crippen LogP contribution >= 0.6 is 0 Å². The number of ether oxygens (including phenoxy) is 4. The fourth-order valence-electron chi connectivity index (χ4n) is 5.04. The maximum absolute atomic E-state index is 13.7. The van der Waals surface area contributed by atoms with Crippen molar-refractivity contribution in [2.45, 2.75) is 26.3 Å². The molecule has 2 aliphatic rings. The summed E-state index contributed by atoms with van der Waals surface area (Å²) in [7, 11) is 4.44. The molecule has 5 rings (SSSR count). The first-order chi connectivity index (χ1) is 18.2. The first-order valence-electron chi connectivity index (χ1n) is 12.1. The van der Waals surface area contributed by atoms with Gasteiger partial charge in [0.05, 0.1) is 43.8 Å². The van der Waals surface area contributed by atoms with Crippen molar-refractivity contribution < 1.29 is 28.5 Å². The van der Waals surface area contributed by atoms with E-state index in [0.29, 0.717) is 40.0 Å². The monoisotopic (exact) mass is 512 g/mol. The van der Waals surface area contributed by atoms with Gasteiger partial charge in [-0.2, -0.15) is 0 Å². The number of allylic oxidation sites excluding steroid dienone is 1. The molecule has 0 N–H and O–H groups in total. The van der Waals surface area contributed by atoms with Crippen LogP contribution in [0.5, 0.6) is 23.0 Å². The average molecular weight is 513 g/mol. The first-order valence-corrected chi connectivity index (χ1v) is 12.1. The Balaban J connectivity index is 1.61. The van der Waals surface area contributed by atoms with Crippen LogP contribution in [0.2, 0.25) is 0 Å². The summed E-state index contributed by atoms with van der Waals surface area (Å²) >= 11 is 0. The summed E-state index contributed by atoms with van der Waals surface area (Å²) in [5, 5.41) is 0. The van der Waals surface area contributed by atoms with Crippen molar-refractivity contribution >= 4 is 34.5 Å². The van der Waals surface area contributed by atoms with Crippen molar-refractivity contribution in [3.8, 4) is 23.0 Å². The summed E-state index contributed by atoms with van der Waals surface area (Å²) in [6.45, 7) is 5.96. The average Bonchev–Trinajstić information content (AvgIpc) is 3.18. The second kappa shape index (κ2) is 9.37. The number of hydrogen-bond donors (Lipinski definition) is 0. The zero-order valence-corrected chi connectivity index (χ0v) is 22.1. The zero-order chi connectivity index (χ0) is 27.2. The van der Waals surface area contributed by atoms with Crippen molar-refractivity contribution in [3.05, 3.63) is 77.4 Å². The Morgan fingerprint density at radius 1 is 0.895 bits per heavy atom. The number of nitrogens with zero attached hydrogens (tertiary/aromatic N) is 2. The molecule has 2 aliphatic heterocycles. The van der Waals surface area contributed by atoms with Gasteiger partial charge in [0.25, 0.3) is 5.91 Å². The van der Waals surface area contributed by atoms with Crippen LogP contribution in [0.25, 0.3) is 5.57 Å². The summed E-state index contributed by atoms with van der Waals surface area (Å²) in [4.78, 5) is 33.4. The van der Waals surface area contributed by atoms with Crippen LogP contribution in [0.4, 0.5) is 11.4 Å². The number of carbonyl (C=O) groups is 2. The molecule has 38 heavy (non-hydrogen) atoms. The number of amides is 1. The smallest absolute Gasteiger partial charge is 0.343 e. The fourth-order valence-corrected chi connectivity index (χ4v) is 5.04. The number of anilines is 1. The Morgan fingerprint density at radius 2 is 1.53 bits per heavy atom. The molecule has 1 amide bonds. The number of benzene rings is 3. The molecular weight excluding hydrogens is 484 g/mol. The minimum atomic E-state index is -0.614. The molecule has 0 unspecified atom stereocenters. The van der Waals surface area contributed by atoms with E-state index < -0.39 is 11.5 Å². The summed E-state index contributed by atoms with van der Waals surface area (Å²) < 4.78 is 21.9. The minimum Gasteiger partial charge on any atom is -0.493 e. The molecule has 0 atom stereocenters. The standard InChI is InChI=1S/C30H28N2O6/c1-17-16-30(2,3)32-26-21(17)14-20(15-22(26)25(28(32)33)31-19-10-8-7-9-11-19)38-29(34)18-12-23(35-4)27(37-6)24(13-18)36-5/h7-16H,1-6H3. The van der Waals surface area contributed by atoms with Gasteiger partial charge in [-0.3, -0.25) is 9.69 Å². The van der Waals surface area contributed by atoms with Crippen LogP contribution in [0.1, 0.15) is 42.3 Å². The van der Waals surface area contributed by atoms with Crippen LogP contribution in [0.15, 0.2) is 65.7 Å². The molecule has 0 aliphatic carbocycles. The normalized spacial score (nSPS) is 16.2. The second-order valence-electron chi connectivity index (χ2n) is 9.59. The quantitative estimate of drug-likeness (QED) is 0.316. The van der Waals surface area contributed by atoms with Gasteiger partial charge in [-0.25, -0.2) is 9.79 Å². The van der Waals surface area contributed by atoms with Crippen LogP contribution in [-0.4, -0.2) is 44.5 Å². The van der Waals surface area contributed by atoms with Gasteiger partial charge in [0.2, 0.25) is 5.75 Å². The summed E-state index contributed by atoms with van der Waals surface area (Å²) in [5.41, 5.74) is 3.79. The second-order valence-corrected chi connectivity index (χ2v) is 9.59.